The molecule has 2 aromatic rings. The summed E-state index contributed by atoms with van der Waals surface area (Å²) in [6.07, 6.45) is 1.41. The van der Waals surface area contributed by atoms with Gasteiger partial charge in [-0.3, -0.25) is 4.79 Å². The zero-order valence-corrected chi connectivity index (χ0v) is 11.5. The molecular formula is C16H17FN2O2. The second-order valence-electron chi connectivity index (χ2n) is 4.72. The normalized spacial score (nSPS) is 10.4. The Hall–Kier alpha value is -2.40. The van der Waals surface area contributed by atoms with Crippen LogP contribution in [0, 0.1) is 5.82 Å². The lowest BCUT2D eigenvalue weighted by Gasteiger charge is -2.08. The number of amides is 1. The zero-order valence-electron chi connectivity index (χ0n) is 11.5. The van der Waals surface area contributed by atoms with Crippen molar-refractivity contribution in [2.75, 3.05) is 17.7 Å². The molecule has 0 heterocycles. The van der Waals surface area contributed by atoms with Crippen LogP contribution in [0.25, 0.3) is 0 Å². The fourth-order valence-electron chi connectivity index (χ4n) is 1.98. The topological polar surface area (TPSA) is 75.4 Å². The molecule has 0 atom stereocenters. The Morgan fingerprint density at radius 2 is 2.05 bits per heavy atom. The molecule has 0 spiro atoms. The molecule has 0 aliphatic carbocycles. The first-order chi connectivity index (χ1) is 10.1. The average molecular weight is 288 g/mol. The minimum Gasteiger partial charge on any atom is -0.396 e. The number of aliphatic hydroxyl groups excluding tert-OH is 1. The van der Waals surface area contributed by atoms with Crippen LogP contribution in [0.3, 0.4) is 0 Å². The average Bonchev–Trinajstić information content (AvgIpc) is 2.48. The van der Waals surface area contributed by atoms with E-state index in [0.29, 0.717) is 17.7 Å². The van der Waals surface area contributed by atoms with Crippen LogP contribution in [0.5, 0.6) is 0 Å². The van der Waals surface area contributed by atoms with E-state index in [4.69, 9.17) is 10.8 Å². The van der Waals surface area contributed by atoms with Gasteiger partial charge in [0.1, 0.15) is 5.82 Å². The summed E-state index contributed by atoms with van der Waals surface area (Å²) in [5.41, 5.74) is 7.38. The van der Waals surface area contributed by atoms with E-state index in [0.717, 1.165) is 12.0 Å². The molecule has 4 N–H and O–H groups in total. The van der Waals surface area contributed by atoms with Gasteiger partial charge in [0, 0.05) is 17.9 Å². The van der Waals surface area contributed by atoms with Gasteiger partial charge in [0.2, 0.25) is 0 Å². The van der Waals surface area contributed by atoms with Crippen molar-refractivity contribution in [2.45, 2.75) is 12.8 Å². The van der Waals surface area contributed by atoms with Crippen LogP contribution < -0.4 is 11.1 Å². The molecule has 0 fully saturated rings. The Bertz CT molecular complexity index is 644. The highest BCUT2D eigenvalue weighted by molar-refractivity contribution is 6.04. The predicted octanol–water partition coefficient (Wildman–Crippen LogP) is 2.59. The van der Waals surface area contributed by atoms with E-state index in [1.807, 2.05) is 18.2 Å². The van der Waals surface area contributed by atoms with Crippen molar-refractivity contribution in [1.29, 1.82) is 0 Å². The number of nitrogens with one attached hydrogen (secondary N) is 1. The molecule has 0 aromatic heterocycles. The summed E-state index contributed by atoms with van der Waals surface area (Å²) < 4.78 is 13.1. The summed E-state index contributed by atoms with van der Waals surface area (Å²) in [6, 6.07) is 11.2. The Balaban J connectivity index is 2.10. The van der Waals surface area contributed by atoms with Crippen LogP contribution in [0.4, 0.5) is 15.8 Å². The van der Waals surface area contributed by atoms with Crippen molar-refractivity contribution in [3.8, 4) is 0 Å². The lowest BCUT2D eigenvalue weighted by molar-refractivity contribution is 0.102. The van der Waals surface area contributed by atoms with Gasteiger partial charge in [-0.1, -0.05) is 12.1 Å². The monoisotopic (exact) mass is 288 g/mol. The van der Waals surface area contributed by atoms with E-state index < -0.39 is 5.82 Å². The minimum absolute atomic E-state index is 0.0562. The fraction of sp³-hybridized carbons (Fsp3) is 0.188. The Morgan fingerprint density at radius 3 is 2.76 bits per heavy atom. The number of halogens is 1. The van der Waals surface area contributed by atoms with Crippen molar-refractivity contribution < 1.29 is 14.3 Å². The summed E-state index contributed by atoms with van der Waals surface area (Å²) in [7, 11) is 0. The summed E-state index contributed by atoms with van der Waals surface area (Å²) in [6.45, 7) is 0.130. The third kappa shape index (κ3) is 4.03. The molecule has 21 heavy (non-hydrogen) atoms. The van der Waals surface area contributed by atoms with Crippen molar-refractivity contribution >= 4 is 17.3 Å². The maximum atomic E-state index is 13.1. The molecule has 2 aromatic carbocycles. The molecule has 0 bridgehead atoms. The summed E-state index contributed by atoms with van der Waals surface area (Å²) in [4.78, 5) is 12.1. The van der Waals surface area contributed by atoms with Crippen LogP contribution >= 0.6 is 0 Å². The second-order valence-corrected chi connectivity index (χ2v) is 4.72. The highest BCUT2D eigenvalue weighted by atomic mass is 19.1. The molecule has 0 aliphatic heterocycles. The Kier molecular flexibility index (Phi) is 4.90. The van der Waals surface area contributed by atoms with Crippen LogP contribution in [0.2, 0.25) is 0 Å². The molecule has 2 rings (SSSR count). The molecule has 4 nitrogen and oxygen atoms in total. The summed E-state index contributed by atoms with van der Waals surface area (Å²) in [5.74, 6) is -0.890. The summed E-state index contributed by atoms with van der Waals surface area (Å²) in [5, 5.41) is 11.6. The van der Waals surface area contributed by atoms with Gasteiger partial charge < -0.3 is 16.2 Å². The van der Waals surface area contributed by atoms with Crippen LogP contribution in [0.1, 0.15) is 22.3 Å². The largest absolute Gasteiger partial charge is 0.396 e. The van der Waals surface area contributed by atoms with Crippen molar-refractivity contribution in [3.63, 3.8) is 0 Å². The molecule has 0 saturated carbocycles. The summed E-state index contributed by atoms with van der Waals surface area (Å²) >= 11 is 0. The SMILES string of the molecule is Nc1cc(C(=O)Nc2cccc(CCCO)c2)ccc1F. The van der Waals surface area contributed by atoms with E-state index in [1.54, 1.807) is 6.07 Å². The number of benzene rings is 2. The number of rotatable bonds is 5. The van der Waals surface area contributed by atoms with Crippen molar-refractivity contribution in [3.05, 3.63) is 59.4 Å². The van der Waals surface area contributed by atoms with Gasteiger partial charge in [0.05, 0.1) is 5.69 Å². The third-order valence-corrected chi connectivity index (χ3v) is 3.07. The van der Waals surface area contributed by atoms with Crippen LogP contribution in [0.15, 0.2) is 42.5 Å². The number of nitrogen functional groups attached to an aromatic ring is 1. The lowest BCUT2D eigenvalue weighted by Crippen LogP contribution is -2.12. The van der Waals surface area contributed by atoms with E-state index in [2.05, 4.69) is 5.32 Å². The number of hydrogen-bond acceptors (Lipinski definition) is 3. The Morgan fingerprint density at radius 1 is 1.24 bits per heavy atom. The Labute approximate surface area is 122 Å². The minimum atomic E-state index is -0.544. The first-order valence-corrected chi connectivity index (χ1v) is 6.66. The zero-order chi connectivity index (χ0) is 15.2. The van der Waals surface area contributed by atoms with Gasteiger partial charge in [0.15, 0.2) is 0 Å². The van der Waals surface area contributed by atoms with Gasteiger partial charge >= 0.3 is 0 Å². The standard InChI is InChI=1S/C16H17FN2O2/c17-14-7-6-12(10-15(14)18)16(21)19-13-5-1-3-11(9-13)4-2-8-20/h1,3,5-7,9-10,20H,2,4,8,18H2,(H,19,21). The van der Waals surface area contributed by atoms with Crippen molar-refractivity contribution in [1.82, 2.24) is 0 Å². The lowest BCUT2D eigenvalue weighted by atomic mass is 10.1. The van der Waals surface area contributed by atoms with Gasteiger partial charge in [-0.05, 0) is 48.7 Å². The predicted molar refractivity (Wildman–Crippen MR) is 80.6 cm³/mol. The van der Waals surface area contributed by atoms with E-state index in [-0.39, 0.29) is 18.2 Å². The number of nitrogens with two attached hydrogens (primary N) is 1. The van der Waals surface area contributed by atoms with Crippen LogP contribution in [-0.4, -0.2) is 17.6 Å². The van der Waals surface area contributed by atoms with Crippen molar-refractivity contribution in [2.24, 2.45) is 0 Å². The molecule has 5 heteroatoms. The van der Waals surface area contributed by atoms with Gasteiger partial charge in [0.25, 0.3) is 5.91 Å². The highest BCUT2D eigenvalue weighted by Gasteiger charge is 2.08. The maximum absolute atomic E-state index is 13.1. The number of aliphatic hydroxyl groups is 1. The smallest absolute Gasteiger partial charge is 0.255 e. The first-order valence-electron chi connectivity index (χ1n) is 6.66. The molecule has 0 aliphatic rings. The number of aryl methyl sites for hydroxylation is 1. The second kappa shape index (κ2) is 6.85. The molecule has 110 valence electrons. The number of anilines is 2. The van der Waals surface area contributed by atoms with E-state index in [1.165, 1.54) is 18.2 Å². The number of hydrogen-bond donors (Lipinski definition) is 3. The number of carbonyl (C=O) groups excluding carboxylic acids is 1. The number of carbonyl (C=O) groups is 1. The molecule has 0 radical (unpaired) electrons. The van der Waals surface area contributed by atoms with Gasteiger partial charge in [-0.15, -0.1) is 0 Å². The third-order valence-electron chi connectivity index (χ3n) is 3.07. The molecule has 1 amide bonds. The fourth-order valence-corrected chi connectivity index (χ4v) is 1.98. The molecule has 0 unspecified atom stereocenters. The van der Waals surface area contributed by atoms with Gasteiger partial charge in [-0.25, -0.2) is 4.39 Å². The highest BCUT2D eigenvalue weighted by Crippen LogP contribution is 2.16. The maximum Gasteiger partial charge on any atom is 0.255 e. The quantitative estimate of drug-likeness (QED) is 0.740. The molecular weight excluding hydrogens is 271 g/mol. The van der Waals surface area contributed by atoms with Gasteiger partial charge in [-0.2, -0.15) is 0 Å². The molecule has 0 saturated heterocycles. The van der Waals surface area contributed by atoms with E-state index in [9.17, 15) is 9.18 Å². The first kappa shape index (κ1) is 15.0. The van der Waals surface area contributed by atoms with E-state index >= 15 is 0 Å². The van der Waals surface area contributed by atoms with Crippen LogP contribution in [-0.2, 0) is 6.42 Å².